The van der Waals surface area contributed by atoms with Gasteiger partial charge in [-0.25, -0.2) is 9.37 Å². The third-order valence-corrected chi connectivity index (χ3v) is 6.06. The lowest BCUT2D eigenvalue weighted by Gasteiger charge is -2.34. The van der Waals surface area contributed by atoms with Gasteiger partial charge < -0.3 is 15.1 Å². The number of hydrogen-bond acceptors (Lipinski definition) is 6. The van der Waals surface area contributed by atoms with Gasteiger partial charge in [0.25, 0.3) is 5.91 Å². The quantitative estimate of drug-likeness (QED) is 0.649. The molecule has 0 atom stereocenters. The van der Waals surface area contributed by atoms with Gasteiger partial charge in [-0.1, -0.05) is 12.1 Å². The van der Waals surface area contributed by atoms with Crippen LogP contribution < -0.4 is 10.6 Å². The van der Waals surface area contributed by atoms with Crippen LogP contribution in [-0.4, -0.2) is 70.6 Å². The zero-order valence-electron chi connectivity index (χ0n) is 17.2. The zero-order valence-corrected chi connectivity index (χ0v) is 18.0. The average Bonchev–Trinajstić information content (AvgIpc) is 3.50. The Hall–Kier alpha value is -3.34. The van der Waals surface area contributed by atoms with Gasteiger partial charge in [0, 0.05) is 37.6 Å². The number of carbonyl (C=O) groups is 4. The van der Waals surface area contributed by atoms with E-state index in [0.29, 0.717) is 31.9 Å². The highest BCUT2D eigenvalue weighted by Crippen LogP contribution is 2.20. The molecule has 1 aromatic carbocycles. The Balaban J connectivity index is 1.25. The van der Waals surface area contributed by atoms with Crippen LogP contribution in [0.4, 0.5) is 9.52 Å². The molecule has 9 nitrogen and oxygen atoms in total. The van der Waals surface area contributed by atoms with Crippen molar-refractivity contribution < 1.29 is 23.6 Å². The fraction of sp³-hybridized carbons (Fsp3) is 0.381. The second-order valence-electron chi connectivity index (χ2n) is 7.68. The highest BCUT2D eigenvalue weighted by Gasteiger charge is 2.31. The molecule has 11 heteroatoms. The molecule has 1 aromatic heterocycles. The number of nitrogens with one attached hydrogen (secondary N) is 2. The number of thiazole rings is 1. The smallest absolute Gasteiger partial charge is 0.312 e. The van der Waals surface area contributed by atoms with E-state index in [0.717, 1.165) is 24.2 Å². The first kappa shape index (κ1) is 21.9. The number of benzene rings is 1. The highest BCUT2D eigenvalue weighted by atomic mass is 32.1. The molecule has 1 saturated carbocycles. The number of anilines is 1. The van der Waals surface area contributed by atoms with Gasteiger partial charge in [-0.05, 0) is 25.0 Å². The van der Waals surface area contributed by atoms with E-state index in [1.807, 2.05) is 0 Å². The second-order valence-corrected chi connectivity index (χ2v) is 8.53. The van der Waals surface area contributed by atoms with E-state index in [4.69, 9.17) is 0 Å². The lowest BCUT2D eigenvalue weighted by molar-refractivity contribution is -0.148. The minimum Gasteiger partial charge on any atom is -0.345 e. The fourth-order valence-corrected chi connectivity index (χ4v) is 4.00. The second kappa shape index (κ2) is 9.43. The van der Waals surface area contributed by atoms with Gasteiger partial charge in [-0.3, -0.25) is 24.5 Å². The number of amides is 4. The van der Waals surface area contributed by atoms with E-state index < -0.39 is 23.5 Å². The molecular weight excluding hydrogens is 437 g/mol. The summed E-state index contributed by atoms with van der Waals surface area (Å²) in [7, 11) is 0. The zero-order chi connectivity index (χ0) is 22.7. The molecule has 2 fully saturated rings. The molecular formula is C21H22FN5O4S. The molecule has 1 aliphatic carbocycles. The summed E-state index contributed by atoms with van der Waals surface area (Å²) in [4.78, 5) is 56.2. The van der Waals surface area contributed by atoms with Crippen molar-refractivity contribution in [3.05, 3.63) is 46.7 Å². The van der Waals surface area contributed by atoms with Crippen LogP contribution in [0.5, 0.6) is 0 Å². The summed E-state index contributed by atoms with van der Waals surface area (Å²) >= 11 is 1.15. The minimum absolute atomic E-state index is 0.0438. The first-order valence-electron chi connectivity index (χ1n) is 10.3. The Labute approximate surface area is 187 Å². The topological polar surface area (TPSA) is 112 Å². The predicted molar refractivity (Wildman–Crippen MR) is 114 cm³/mol. The van der Waals surface area contributed by atoms with Crippen molar-refractivity contribution in [1.82, 2.24) is 20.1 Å². The molecule has 0 unspecified atom stereocenters. The normalized spacial score (nSPS) is 15.9. The van der Waals surface area contributed by atoms with Crippen LogP contribution in [0.3, 0.4) is 0 Å². The molecule has 2 aliphatic rings. The number of carbonyl (C=O) groups excluding carboxylic acids is 4. The van der Waals surface area contributed by atoms with Gasteiger partial charge in [0.15, 0.2) is 5.13 Å². The maximum Gasteiger partial charge on any atom is 0.312 e. The lowest BCUT2D eigenvalue weighted by atomic mass is 10.2. The maximum absolute atomic E-state index is 13.7. The van der Waals surface area contributed by atoms with Crippen LogP contribution in [0.1, 0.15) is 28.9 Å². The van der Waals surface area contributed by atoms with Gasteiger partial charge in [0.1, 0.15) is 5.82 Å². The molecule has 1 saturated heterocycles. The van der Waals surface area contributed by atoms with Crippen molar-refractivity contribution in [1.29, 1.82) is 0 Å². The monoisotopic (exact) mass is 459 g/mol. The first-order chi connectivity index (χ1) is 15.4. The maximum atomic E-state index is 13.7. The molecule has 0 bridgehead atoms. The summed E-state index contributed by atoms with van der Waals surface area (Å²) in [5, 5.41) is 7.16. The van der Waals surface area contributed by atoms with Crippen molar-refractivity contribution in [3.8, 4) is 0 Å². The van der Waals surface area contributed by atoms with Gasteiger partial charge in [-0.2, -0.15) is 0 Å². The SMILES string of the molecule is O=C(NC1CC1)C(=O)N1CCN(C(=O)Cc2csc(NC(=O)c3ccccc3F)n2)CC1. The number of rotatable bonds is 5. The number of aromatic nitrogens is 1. The van der Waals surface area contributed by atoms with Crippen LogP contribution in [0.2, 0.25) is 0 Å². The van der Waals surface area contributed by atoms with Crippen molar-refractivity contribution in [2.75, 3.05) is 31.5 Å². The van der Waals surface area contributed by atoms with Crippen LogP contribution in [0.25, 0.3) is 0 Å². The van der Waals surface area contributed by atoms with Crippen LogP contribution in [0.15, 0.2) is 29.6 Å². The van der Waals surface area contributed by atoms with E-state index in [2.05, 4.69) is 15.6 Å². The first-order valence-corrected chi connectivity index (χ1v) is 11.2. The van der Waals surface area contributed by atoms with E-state index in [-0.39, 0.29) is 29.1 Å². The summed E-state index contributed by atoms with van der Waals surface area (Å²) in [5.41, 5.74) is 0.407. The summed E-state index contributed by atoms with van der Waals surface area (Å²) in [6.45, 7) is 1.26. The summed E-state index contributed by atoms with van der Waals surface area (Å²) in [6, 6.07) is 5.76. The molecule has 168 valence electrons. The van der Waals surface area contributed by atoms with Gasteiger partial charge >= 0.3 is 11.8 Å². The molecule has 4 amide bonds. The third-order valence-electron chi connectivity index (χ3n) is 5.25. The van der Waals surface area contributed by atoms with Crippen molar-refractivity contribution >= 4 is 40.1 Å². The van der Waals surface area contributed by atoms with Crippen molar-refractivity contribution in [2.24, 2.45) is 0 Å². The van der Waals surface area contributed by atoms with Crippen molar-refractivity contribution in [2.45, 2.75) is 25.3 Å². The highest BCUT2D eigenvalue weighted by molar-refractivity contribution is 7.14. The number of piperazine rings is 1. The van der Waals surface area contributed by atoms with Gasteiger partial charge in [0.05, 0.1) is 17.7 Å². The van der Waals surface area contributed by atoms with E-state index >= 15 is 0 Å². The molecule has 0 spiro atoms. The average molecular weight is 460 g/mol. The standard InChI is InChI=1S/C21H22FN5O4S/c22-16-4-2-1-3-15(16)18(29)25-21-24-14(12-32-21)11-17(28)26-7-9-27(10-8-26)20(31)19(30)23-13-5-6-13/h1-4,12-13H,5-11H2,(H,23,30)(H,24,25,29). The number of nitrogens with zero attached hydrogens (tertiary/aromatic N) is 3. The molecule has 2 N–H and O–H groups in total. The van der Waals surface area contributed by atoms with Gasteiger partial charge in [0.2, 0.25) is 5.91 Å². The summed E-state index contributed by atoms with van der Waals surface area (Å²) < 4.78 is 13.7. The lowest BCUT2D eigenvalue weighted by Crippen LogP contribution is -2.54. The Bertz CT molecular complexity index is 1050. The minimum atomic E-state index is -0.625. The van der Waals surface area contributed by atoms with E-state index in [1.165, 1.54) is 23.1 Å². The Morgan fingerprint density at radius 3 is 2.44 bits per heavy atom. The predicted octanol–water partition coefficient (Wildman–Crippen LogP) is 1.03. The Morgan fingerprint density at radius 1 is 1.06 bits per heavy atom. The van der Waals surface area contributed by atoms with E-state index in [1.54, 1.807) is 16.3 Å². The largest absolute Gasteiger partial charge is 0.345 e. The molecule has 32 heavy (non-hydrogen) atoms. The van der Waals surface area contributed by atoms with Crippen LogP contribution >= 0.6 is 11.3 Å². The molecule has 2 heterocycles. The molecule has 0 radical (unpaired) electrons. The molecule has 4 rings (SSSR count). The summed E-state index contributed by atoms with van der Waals surface area (Å²) in [5.74, 6) is -2.53. The fourth-order valence-electron chi connectivity index (χ4n) is 3.30. The van der Waals surface area contributed by atoms with Gasteiger partial charge in [-0.15, -0.1) is 11.3 Å². The van der Waals surface area contributed by atoms with E-state index in [9.17, 15) is 23.6 Å². The van der Waals surface area contributed by atoms with Crippen LogP contribution in [-0.2, 0) is 20.8 Å². The third kappa shape index (κ3) is 5.28. The Morgan fingerprint density at radius 2 is 1.75 bits per heavy atom. The van der Waals surface area contributed by atoms with Crippen molar-refractivity contribution in [3.63, 3.8) is 0 Å². The molecule has 1 aliphatic heterocycles. The molecule has 2 aromatic rings. The number of halogens is 1. The summed E-state index contributed by atoms with van der Waals surface area (Å²) in [6.07, 6.45) is 1.86. The number of hydrogen-bond donors (Lipinski definition) is 2. The Kier molecular flexibility index (Phi) is 6.45. The van der Waals surface area contributed by atoms with Crippen LogP contribution in [0, 0.1) is 5.82 Å².